The van der Waals surface area contributed by atoms with Gasteiger partial charge in [-0.1, -0.05) is 29.3 Å². The number of hydrogen-bond acceptors (Lipinski definition) is 4. The van der Waals surface area contributed by atoms with Gasteiger partial charge >= 0.3 is 0 Å². The molecule has 2 rings (SSSR count). The van der Waals surface area contributed by atoms with Crippen LogP contribution in [-0.4, -0.2) is 13.4 Å². The Morgan fingerprint density at radius 3 is 2.58 bits per heavy atom. The molecule has 0 aliphatic heterocycles. The van der Waals surface area contributed by atoms with Crippen molar-refractivity contribution in [1.82, 2.24) is 4.98 Å². The Labute approximate surface area is 120 Å². The lowest BCUT2D eigenvalue weighted by atomic mass is 10.3. The van der Waals surface area contributed by atoms with Gasteiger partial charge in [-0.2, -0.15) is 0 Å². The molecule has 19 heavy (non-hydrogen) atoms. The van der Waals surface area contributed by atoms with Crippen LogP contribution < -0.4 is 10.5 Å². The maximum atomic E-state index is 11.4. The van der Waals surface area contributed by atoms with E-state index in [2.05, 4.69) is 10.3 Å². The standard InChI is InChI=1S/C11H9Cl2N3O2S/c12-7-2-1-3-9(11(7)13)16-8-4-5-15-6-10(8)19(14,17)18/h1-6H,(H,15,16)(H2,14,17,18). The van der Waals surface area contributed by atoms with Crippen LogP contribution in [-0.2, 0) is 10.0 Å². The van der Waals surface area contributed by atoms with Crippen molar-refractivity contribution in [3.8, 4) is 0 Å². The third kappa shape index (κ3) is 3.16. The zero-order valence-electron chi connectivity index (χ0n) is 9.47. The van der Waals surface area contributed by atoms with E-state index in [1.807, 2.05) is 0 Å². The highest BCUT2D eigenvalue weighted by Crippen LogP contribution is 2.33. The van der Waals surface area contributed by atoms with Crippen LogP contribution in [0, 0.1) is 0 Å². The van der Waals surface area contributed by atoms with Crippen molar-refractivity contribution in [1.29, 1.82) is 0 Å². The summed E-state index contributed by atoms with van der Waals surface area (Å²) in [6, 6.07) is 6.47. The number of hydrogen-bond donors (Lipinski definition) is 2. The number of halogens is 2. The molecule has 0 aliphatic rings. The Balaban J connectivity index is 2.48. The Hall–Kier alpha value is -1.34. The first-order valence-corrected chi connectivity index (χ1v) is 7.37. The second kappa shape index (κ2) is 5.34. The van der Waals surface area contributed by atoms with Gasteiger partial charge in [0.05, 0.1) is 21.4 Å². The van der Waals surface area contributed by atoms with Gasteiger partial charge in [-0.3, -0.25) is 4.98 Å². The highest BCUT2D eigenvalue weighted by atomic mass is 35.5. The van der Waals surface area contributed by atoms with E-state index in [0.29, 0.717) is 15.7 Å². The molecule has 0 bridgehead atoms. The number of nitrogens with one attached hydrogen (secondary N) is 1. The Bertz CT molecular complexity index is 720. The first-order chi connectivity index (χ1) is 8.89. The summed E-state index contributed by atoms with van der Waals surface area (Å²) in [6.07, 6.45) is 2.60. The molecule has 1 aromatic carbocycles. The predicted octanol–water partition coefficient (Wildman–Crippen LogP) is 2.78. The minimum atomic E-state index is -3.88. The molecule has 100 valence electrons. The molecule has 5 nitrogen and oxygen atoms in total. The van der Waals surface area contributed by atoms with Crippen molar-refractivity contribution in [2.75, 3.05) is 5.32 Å². The van der Waals surface area contributed by atoms with Crippen LogP contribution in [0.3, 0.4) is 0 Å². The minimum absolute atomic E-state index is 0.119. The maximum Gasteiger partial charge on any atom is 0.241 e. The Morgan fingerprint density at radius 1 is 1.16 bits per heavy atom. The minimum Gasteiger partial charge on any atom is -0.353 e. The molecule has 0 amide bonds. The Kier molecular flexibility index (Phi) is 3.96. The van der Waals surface area contributed by atoms with Crippen LogP contribution in [0.15, 0.2) is 41.6 Å². The quantitative estimate of drug-likeness (QED) is 0.911. The summed E-state index contributed by atoms with van der Waals surface area (Å²) in [5.74, 6) is 0. The average molecular weight is 318 g/mol. The summed E-state index contributed by atoms with van der Waals surface area (Å²) in [5, 5.41) is 8.64. The third-order valence-electron chi connectivity index (χ3n) is 2.31. The fourth-order valence-corrected chi connectivity index (χ4v) is 2.44. The zero-order valence-corrected chi connectivity index (χ0v) is 11.8. The molecule has 0 atom stereocenters. The van der Waals surface area contributed by atoms with Gasteiger partial charge in [0.2, 0.25) is 10.0 Å². The summed E-state index contributed by atoms with van der Waals surface area (Å²) >= 11 is 11.9. The van der Waals surface area contributed by atoms with Crippen molar-refractivity contribution in [3.63, 3.8) is 0 Å². The van der Waals surface area contributed by atoms with Crippen LogP contribution >= 0.6 is 23.2 Å². The molecule has 0 radical (unpaired) electrons. The first kappa shape index (κ1) is 14.1. The fraction of sp³-hybridized carbons (Fsp3) is 0. The van der Waals surface area contributed by atoms with Gasteiger partial charge in [-0.05, 0) is 18.2 Å². The first-order valence-electron chi connectivity index (χ1n) is 5.07. The van der Waals surface area contributed by atoms with E-state index < -0.39 is 10.0 Å². The molecule has 0 saturated carbocycles. The second-order valence-corrected chi connectivity index (χ2v) is 5.96. The highest BCUT2D eigenvalue weighted by molar-refractivity contribution is 7.89. The number of aromatic nitrogens is 1. The topological polar surface area (TPSA) is 85.1 Å². The SMILES string of the molecule is NS(=O)(=O)c1cnccc1Nc1cccc(Cl)c1Cl. The fourth-order valence-electron chi connectivity index (χ4n) is 1.46. The zero-order chi connectivity index (χ0) is 14.0. The van der Waals surface area contributed by atoms with Crippen LogP contribution in [0.2, 0.25) is 10.0 Å². The van der Waals surface area contributed by atoms with Gasteiger partial charge in [-0.15, -0.1) is 0 Å². The van der Waals surface area contributed by atoms with Gasteiger partial charge in [0.25, 0.3) is 0 Å². The van der Waals surface area contributed by atoms with Gasteiger partial charge in [0, 0.05) is 12.4 Å². The number of nitrogens with zero attached hydrogens (tertiary/aromatic N) is 1. The van der Waals surface area contributed by atoms with Gasteiger partial charge in [-0.25, -0.2) is 13.6 Å². The molecule has 0 fully saturated rings. The summed E-state index contributed by atoms with van der Waals surface area (Å²) in [7, 11) is -3.88. The van der Waals surface area contributed by atoms with Gasteiger partial charge < -0.3 is 5.32 Å². The van der Waals surface area contributed by atoms with Crippen molar-refractivity contribution in [3.05, 3.63) is 46.7 Å². The highest BCUT2D eigenvalue weighted by Gasteiger charge is 2.15. The van der Waals surface area contributed by atoms with Crippen molar-refractivity contribution < 1.29 is 8.42 Å². The molecule has 1 aromatic heterocycles. The lowest BCUT2D eigenvalue weighted by molar-refractivity contribution is 0.598. The summed E-state index contributed by atoms with van der Waals surface area (Å²) in [4.78, 5) is 3.62. The number of primary sulfonamides is 1. The molecular weight excluding hydrogens is 309 g/mol. The van der Waals surface area contributed by atoms with Crippen molar-refractivity contribution in [2.24, 2.45) is 5.14 Å². The van der Waals surface area contributed by atoms with E-state index >= 15 is 0 Å². The number of nitrogens with two attached hydrogens (primary N) is 1. The van der Waals surface area contributed by atoms with E-state index in [4.69, 9.17) is 28.3 Å². The number of benzene rings is 1. The second-order valence-electron chi connectivity index (χ2n) is 3.64. The van der Waals surface area contributed by atoms with Crippen molar-refractivity contribution in [2.45, 2.75) is 4.90 Å². The number of pyridine rings is 1. The van der Waals surface area contributed by atoms with E-state index in [9.17, 15) is 8.42 Å². The lowest BCUT2D eigenvalue weighted by Gasteiger charge is -2.11. The van der Waals surface area contributed by atoms with Crippen LogP contribution in [0.4, 0.5) is 11.4 Å². The molecule has 0 aliphatic carbocycles. The molecular formula is C11H9Cl2N3O2S. The lowest BCUT2D eigenvalue weighted by Crippen LogP contribution is -2.14. The van der Waals surface area contributed by atoms with E-state index in [1.54, 1.807) is 18.2 Å². The molecule has 0 spiro atoms. The van der Waals surface area contributed by atoms with E-state index in [1.165, 1.54) is 12.3 Å². The third-order valence-corrected chi connectivity index (χ3v) is 4.07. The summed E-state index contributed by atoms with van der Waals surface area (Å²) in [5.41, 5.74) is 0.756. The monoisotopic (exact) mass is 317 g/mol. The van der Waals surface area contributed by atoms with E-state index in [-0.39, 0.29) is 10.6 Å². The average Bonchev–Trinajstić information content (AvgIpc) is 2.34. The van der Waals surface area contributed by atoms with E-state index in [0.717, 1.165) is 6.20 Å². The smallest absolute Gasteiger partial charge is 0.241 e. The molecule has 8 heteroatoms. The van der Waals surface area contributed by atoms with Crippen molar-refractivity contribution >= 4 is 44.6 Å². The largest absolute Gasteiger partial charge is 0.353 e. The van der Waals surface area contributed by atoms with Gasteiger partial charge in [0.1, 0.15) is 4.90 Å². The molecule has 0 unspecified atom stereocenters. The van der Waals surface area contributed by atoms with Crippen LogP contribution in [0.1, 0.15) is 0 Å². The molecule has 1 heterocycles. The predicted molar refractivity (Wildman–Crippen MR) is 75.4 cm³/mol. The number of rotatable bonds is 3. The van der Waals surface area contributed by atoms with Crippen LogP contribution in [0.5, 0.6) is 0 Å². The maximum absolute atomic E-state index is 11.4. The molecule has 0 saturated heterocycles. The van der Waals surface area contributed by atoms with Gasteiger partial charge in [0.15, 0.2) is 0 Å². The molecule has 3 N–H and O–H groups in total. The summed E-state index contributed by atoms with van der Waals surface area (Å²) in [6.45, 7) is 0. The number of sulfonamides is 1. The van der Waals surface area contributed by atoms with Crippen LogP contribution in [0.25, 0.3) is 0 Å². The normalized spacial score (nSPS) is 11.3. The Morgan fingerprint density at radius 2 is 1.89 bits per heavy atom. The molecule has 2 aromatic rings. The number of anilines is 2. The summed E-state index contributed by atoms with van der Waals surface area (Å²) < 4.78 is 22.9.